The Kier molecular flexibility index (Phi) is 5.07. The molecule has 1 aliphatic carbocycles. The number of nitrogens with two attached hydrogens (primary N) is 1. The number of rotatable bonds is 3. The average molecular weight is 332 g/mol. The molecular formula is C15H19F3N2OS. The van der Waals surface area contributed by atoms with Crippen LogP contribution in [0.15, 0.2) is 24.3 Å². The number of hydrogen-bond donors (Lipinski definition) is 3. The summed E-state index contributed by atoms with van der Waals surface area (Å²) in [5, 5.41) is 2.50. The summed E-state index contributed by atoms with van der Waals surface area (Å²) in [6, 6.07) is 4.71. The molecule has 0 aliphatic heterocycles. The van der Waals surface area contributed by atoms with Crippen molar-refractivity contribution in [2.75, 3.05) is 0 Å². The van der Waals surface area contributed by atoms with Crippen LogP contribution in [0.4, 0.5) is 13.2 Å². The van der Waals surface area contributed by atoms with Crippen LogP contribution >= 0.6 is 12.6 Å². The number of carbonyl (C=O) groups is 1. The first-order valence-corrected chi connectivity index (χ1v) is 7.66. The molecule has 22 heavy (non-hydrogen) atoms. The van der Waals surface area contributed by atoms with Gasteiger partial charge in [-0.05, 0) is 30.5 Å². The minimum atomic E-state index is -4.36. The van der Waals surface area contributed by atoms with Gasteiger partial charge in [-0.25, -0.2) is 0 Å². The van der Waals surface area contributed by atoms with E-state index in [-0.39, 0.29) is 17.7 Å². The molecule has 1 saturated carbocycles. The second kappa shape index (κ2) is 6.50. The number of amides is 1. The third-order valence-corrected chi connectivity index (χ3v) is 4.79. The summed E-state index contributed by atoms with van der Waals surface area (Å²) in [6.45, 7) is 0.149. The van der Waals surface area contributed by atoms with Crippen LogP contribution in [0.1, 0.15) is 36.8 Å². The molecule has 122 valence electrons. The highest BCUT2D eigenvalue weighted by Crippen LogP contribution is 2.31. The molecule has 0 spiro atoms. The maximum Gasteiger partial charge on any atom is 0.416 e. The Labute approximate surface area is 132 Å². The summed E-state index contributed by atoms with van der Waals surface area (Å²) < 4.78 is 37.4. The van der Waals surface area contributed by atoms with Gasteiger partial charge in [0, 0.05) is 11.8 Å². The Bertz CT molecular complexity index is 533. The molecule has 2 atom stereocenters. The molecule has 0 aromatic heterocycles. The zero-order valence-electron chi connectivity index (χ0n) is 12.0. The highest BCUT2D eigenvalue weighted by atomic mass is 32.1. The lowest BCUT2D eigenvalue weighted by atomic mass is 9.81. The molecule has 2 rings (SSSR count). The molecule has 1 aromatic rings. The van der Waals surface area contributed by atoms with Gasteiger partial charge in [0.15, 0.2) is 0 Å². The van der Waals surface area contributed by atoms with Crippen molar-refractivity contribution in [2.24, 2.45) is 5.73 Å². The molecule has 1 fully saturated rings. The second-order valence-electron chi connectivity index (χ2n) is 5.68. The van der Waals surface area contributed by atoms with E-state index in [0.29, 0.717) is 12.0 Å². The van der Waals surface area contributed by atoms with Crippen molar-refractivity contribution in [3.05, 3.63) is 35.4 Å². The van der Waals surface area contributed by atoms with Crippen LogP contribution in [-0.2, 0) is 17.5 Å². The van der Waals surface area contributed by atoms with Crippen LogP contribution in [0, 0.1) is 0 Å². The van der Waals surface area contributed by atoms with Crippen molar-refractivity contribution in [3.63, 3.8) is 0 Å². The minimum Gasteiger partial charge on any atom is -0.350 e. The lowest BCUT2D eigenvalue weighted by Gasteiger charge is -2.37. The van der Waals surface area contributed by atoms with Crippen LogP contribution in [0.3, 0.4) is 0 Å². The van der Waals surface area contributed by atoms with E-state index in [4.69, 9.17) is 5.73 Å². The fourth-order valence-electron chi connectivity index (χ4n) is 2.60. The lowest BCUT2D eigenvalue weighted by Crippen LogP contribution is -2.60. The Morgan fingerprint density at radius 3 is 2.50 bits per heavy atom. The standard InChI is InChI=1S/C15H19F3N2OS/c16-15(17,18)11-6-4-10(5-7-11)9-20-13(21)14(19)8-2-1-3-12(14)22/h4-7,12,22H,1-3,8-9,19H2,(H,20,21)/t12?,14-/m1/s1. The molecular weight excluding hydrogens is 313 g/mol. The number of thiol groups is 1. The van der Waals surface area contributed by atoms with E-state index in [0.717, 1.165) is 31.4 Å². The largest absolute Gasteiger partial charge is 0.416 e. The zero-order chi connectivity index (χ0) is 16.4. The van der Waals surface area contributed by atoms with E-state index in [1.807, 2.05) is 0 Å². The number of nitrogens with one attached hydrogen (secondary N) is 1. The number of hydrogen-bond acceptors (Lipinski definition) is 3. The normalized spacial score (nSPS) is 25.8. The van der Waals surface area contributed by atoms with Gasteiger partial charge in [0.2, 0.25) is 5.91 Å². The SMILES string of the molecule is N[C@]1(C(=O)NCc2ccc(C(F)(F)F)cc2)CCCCC1S. The molecule has 1 aromatic carbocycles. The third-order valence-electron chi connectivity index (χ3n) is 4.07. The van der Waals surface area contributed by atoms with Gasteiger partial charge in [-0.15, -0.1) is 0 Å². The fourth-order valence-corrected chi connectivity index (χ4v) is 3.03. The molecule has 0 bridgehead atoms. The first kappa shape index (κ1) is 17.1. The summed E-state index contributed by atoms with van der Waals surface area (Å²) >= 11 is 4.40. The predicted molar refractivity (Wildman–Crippen MR) is 81.5 cm³/mol. The monoisotopic (exact) mass is 332 g/mol. The second-order valence-corrected chi connectivity index (χ2v) is 6.30. The van der Waals surface area contributed by atoms with Gasteiger partial charge in [0.1, 0.15) is 5.54 Å². The third kappa shape index (κ3) is 3.76. The number of halogens is 3. The van der Waals surface area contributed by atoms with E-state index in [1.165, 1.54) is 12.1 Å². The van der Waals surface area contributed by atoms with Crippen molar-refractivity contribution >= 4 is 18.5 Å². The number of alkyl halides is 3. The average Bonchev–Trinajstić information content (AvgIpc) is 2.47. The molecule has 1 unspecified atom stereocenters. The lowest BCUT2D eigenvalue weighted by molar-refractivity contribution is -0.137. The maximum absolute atomic E-state index is 12.5. The summed E-state index contributed by atoms with van der Waals surface area (Å²) in [5.41, 5.74) is 5.03. The summed E-state index contributed by atoms with van der Waals surface area (Å²) in [4.78, 5) is 12.3. The first-order chi connectivity index (χ1) is 10.2. The van der Waals surface area contributed by atoms with E-state index < -0.39 is 17.3 Å². The summed E-state index contributed by atoms with van der Waals surface area (Å²) in [7, 11) is 0. The Hall–Kier alpha value is -1.21. The molecule has 1 amide bonds. The number of carbonyl (C=O) groups excluding carboxylic acids is 1. The maximum atomic E-state index is 12.5. The van der Waals surface area contributed by atoms with Crippen molar-refractivity contribution in [1.29, 1.82) is 0 Å². The molecule has 0 heterocycles. The van der Waals surface area contributed by atoms with Crippen molar-refractivity contribution < 1.29 is 18.0 Å². The van der Waals surface area contributed by atoms with Gasteiger partial charge in [-0.1, -0.05) is 25.0 Å². The summed E-state index contributed by atoms with van der Waals surface area (Å²) in [5.74, 6) is -0.299. The zero-order valence-corrected chi connectivity index (χ0v) is 12.9. The molecule has 7 heteroatoms. The van der Waals surface area contributed by atoms with Gasteiger partial charge in [-0.3, -0.25) is 4.79 Å². The van der Waals surface area contributed by atoms with Crippen LogP contribution in [0.5, 0.6) is 0 Å². The quantitative estimate of drug-likeness (QED) is 0.746. The van der Waals surface area contributed by atoms with E-state index in [2.05, 4.69) is 17.9 Å². The van der Waals surface area contributed by atoms with Crippen molar-refractivity contribution in [3.8, 4) is 0 Å². The molecule has 0 saturated heterocycles. The van der Waals surface area contributed by atoms with Crippen LogP contribution in [0.25, 0.3) is 0 Å². The highest BCUT2D eigenvalue weighted by molar-refractivity contribution is 7.81. The van der Waals surface area contributed by atoms with E-state index >= 15 is 0 Å². The fraction of sp³-hybridized carbons (Fsp3) is 0.533. The van der Waals surface area contributed by atoms with Gasteiger partial charge in [0.25, 0.3) is 0 Å². The van der Waals surface area contributed by atoms with Crippen LogP contribution < -0.4 is 11.1 Å². The predicted octanol–water partition coefficient (Wildman–Crippen LogP) is 2.89. The molecule has 1 aliphatic rings. The summed E-state index contributed by atoms with van der Waals surface area (Å²) in [6.07, 6.45) is -1.13. The van der Waals surface area contributed by atoms with E-state index in [1.54, 1.807) is 0 Å². The van der Waals surface area contributed by atoms with Gasteiger partial charge >= 0.3 is 6.18 Å². The van der Waals surface area contributed by atoms with Gasteiger partial charge in [-0.2, -0.15) is 25.8 Å². The van der Waals surface area contributed by atoms with Crippen molar-refractivity contribution in [1.82, 2.24) is 5.32 Å². The minimum absolute atomic E-state index is 0.149. The number of benzene rings is 1. The van der Waals surface area contributed by atoms with Crippen LogP contribution in [-0.4, -0.2) is 16.7 Å². The smallest absolute Gasteiger partial charge is 0.350 e. The van der Waals surface area contributed by atoms with Gasteiger partial charge in [0.05, 0.1) is 5.56 Å². The molecule has 3 N–H and O–H groups in total. The van der Waals surface area contributed by atoms with E-state index in [9.17, 15) is 18.0 Å². The van der Waals surface area contributed by atoms with Gasteiger partial charge < -0.3 is 11.1 Å². The van der Waals surface area contributed by atoms with Crippen molar-refractivity contribution in [2.45, 2.75) is 49.2 Å². The topological polar surface area (TPSA) is 55.1 Å². The van der Waals surface area contributed by atoms with Crippen LogP contribution in [0.2, 0.25) is 0 Å². The molecule has 3 nitrogen and oxygen atoms in total. The first-order valence-electron chi connectivity index (χ1n) is 7.15. The Balaban J connectivity index is 1.96. The Morgan fingerprint density at radius 1 is 1.32 bits per heavy atom. The molecule has 0 radical (unpaired) electrons. The Morgan fingerprint density at radius 2 is 1.95 bits per heavy atom. The highest BCUT2D eigenvalue weighted by Gasteiger charge is 2.41.